The van der Waals surface area contributed by atoms with Gasteiger partial charge in [-0.3, -0.25) is 14.5 Å². The molecule has 4 nitrogen and oxygen atoms in total. The maximum absolute atomic E-state index is 11.7. The Kier molecular flexibility index (Phi) is 4.93. The molecule has 0 bridgehead atoms. The first-order chi connectivity index (χ1) is 7.58. The van der Waals surface area contributed by atoms with Crippen molar-refractivity contribution in [2.45, 2.75) is 45.6 Å². The fourth-order valence-corrected chi connectivity index (χ4v) is 2.13. The molecule has 1 N–H and O–H groups in total. The minimum absolute atomic E-state index is 0.0138. The molecule has 0 aromatic heterocycles. The van der Waals surface area contributed by atoms with E-state index in [1.165, 1.54) is 4.90 Å². The summed E-state index contributed by atoms with van der Waals surface area (Å²) in [6.45, 7) is 4.58. The van der Waals surface area contributed by atoms with Gasteiger partial charge in [0.05, 0.1) is 0 Å². The van der Waals surface area contributed by atoms with Crippen molar-refractivity contribution in [1.29, 1.82) is 0 Å². The van der Waals surface area contributed by atoms with Crippen LogP contribution in [-0.2, 0) is 9.59 Å². The summed E-state index contributed by atoms with van der Waals surface area (Å²) in [4.78, 5) is 24.9. The first-order valence-corrected chi connectivity index (χ1v) is 6.08. The number of piperidine rings is 1. The van der Waals surface area contributed by atoms with Gasteiger partial charge in [-0.2, -0.15) is 0 Å². The molecule has 0 radical (unpaired) electrons. The Morgan fingerprint density at radius 1 is 1.38 bits per heavy atom. The fourth-order valence-electron chi connectivity index (χ4n) is 2.13. The van der Waals surface area contributed by atoms with Gasteiger partial charge in [-0.15, -0.1) is 0 Å². The Hall–Kier alpha value is -0.900. The van der Waals surface area contributed by atoms with Gasteiger partial charge >= 0.3 is 0 Å². The van der Waals surface area contributed by atoms with E-state index < -0.39 is 0 Å². The first-order valence-electron chi connectivity index (χ1n) is 6.08. The number of carbonyl (C=O) groups excluding carboxylic acids is 2. The number of likely N-dealkylation sites (tertiary alicyclic amines) is 1. The second kappa shape index (κ2) is 5.99. The molecule has 1 fully saturated rings. The van der Waals surface area contributed by atoms with E-state index in [-0.39, 0.29) is 23.8 Å². The van der Waals surface area contributed by atoms with Crippen molar-refractivity contribution in [2.75, 3.05) is 13.6 Å². The van der Waals surface area contributed by atoms with E-state index in [0.29, 0.717) is 19.4 Å². The molecule has 1 rings (SSSR count). The zero-order valence-electron chi connectivity index (χ0n) is 10.5. The number of amides is 2. The highest BCUT2D eigenvalue weighted by Crippen LogP contribution is 2.19. The maximum Gasteiger partial charge on any atom is 0.229 e. The third-order valence-corrected chi connectivity index (χ3v) is 3.10. The van der Waals surface area contributed by atoms with Crippen molar-refractivity contribution in [1.82, 2.24) is 10.2 Å². The SMILES string of the molecule is CCCC(CN1C(=O)CC(C)CC1=O)NC. The normalized spacial score (nSPS) is 20.3. The van der Waals surface area contributed by atoms with Crippen molar-refractivity contribution in [2.24, 2.45) is 5.92 Å². The Morgan fingerprint density at radius 3 is 2.38 bits per heavy atom. The monoisotopic (exact) mass is 226 g/mol. The summed E-state index contributed by atoms with van der Waals surface area (Å²) in [6.07, 6.45) is 3.06. The second-order valence-electron chi connectivity index (χ2n) is 4.69. The molecular weight excluding hydrogens is 204 g/mol. The maximum atomic E-state index is 11.7. The van der Waals surface area contributed by atoms with Crippen molar-refractivity contribution < 1.29 is 9.59 Å². The third kappa shape index (κ3) is 3.30. The van der Waals surface area contributed by atoms with E-state index >= 15 is 0 Å². The summed E-state index contributed by atoms with van der Waals surface area (Å²) in [7, 11) is 1.88. The molecule has 1 saturated heterocycles. The zero-order valence-corrected chi connectivity index (χ0v) is 10.5. The summed E-state index contributed by atoms with van der Waals surface area (Å²) < 4.78 is 0. The average molecular weight is 226 g/mol. The molecule has 0 aromatic carbocycles. The number of hydrogen-bond donors (Lipinski definition) is 1. The van der Waals surface area contributed by atoms with Gasteiger partial charge in [-0.25, -0.2) is 0 Å². The largest absolute Gasteiger partial charge is 0.315 e. The number of imide groups is 1. The van der Waals surface area contributed by atoms with Gasteiger partial charge in [0.1, 0.15) is 0 Å². The number of nitrogens with zero attached hydrogens (tertiary/aromatic N) is 1. The molecule has 92 valence electrons. The molecular formula is C12H22N2O2. The molecule has 0 spiro atoms. The highest BCUT2D eigenvalue weighted by molar-refractivity contribution is 5.97. The summed E-state index contributed by atoms with van der Waals surface area (Å²) in [5.74, 6) is 0.177. The minimum Gasteiger partial charge on any atom is -0.315 e. The topological polar surface area (TPSA) is 49.4 Å². The van der Waals surface area contributed by atoms with Crippen molar-refractivity contribution in [3.63, 3.8) is 0 Å². The lowest BCUT2D eigenvalue weighted by atomic mass is 9.97. The Bertz CT molecular complexity index is 248. The number of nitrogens with one attached hydrogen (secondary N) is 1. The summed E-state index contributed by atoms with van der Waals surface area (Å²) in [5, 5.41) is 3.16. The summed E-state index contributed by atoms with van der Waals surface area (Å²) in [6, 6.07) is 0.228. The molecule has 2 amide bonds. The lowest BCUT2D eigenvalue weighted by Gasteiger charge is -2.31. The number of likely N-dealkylation sites (N-methyl/N-ethyl adjacent to an activating group) is 1. The molecule has 1 unspecified atom stereocenters. The van der Waals surface area contributed by atoms with Crippen LogP contribution in [0.4, 0.5) is 0 Å². The molecule has 4 heteroatoms. The van der Waals surface area contributed by atoms with Crippen LogP contribution in [0.1, 0.15) is 39.5 Å². The predicted molar refractivity (Wildman–Crippen MR) is 62.9 cm³/mol. The molecule has 0 aromatic rings. The third-order valence-electron chi connectivity index (χ3n) is 3.10. The van der Waals surface area contributed by atoms with E-state index in [4.69, 9.17) is 0 Å². The average Bonchev–Trinajstić information content (AvgIpc) is 2.21. The van der Waals surface area contributed by atoms with E-state index in [1.54, 1.807) is 0 Å². The van der Waals surface area contributed by atoms with Crippen molar-refractivity contribution in [3.8, 4) is 0 Å². The standard InChI is InChI=1S/C12H22N2O2/c1-4-5-10(13-3)8-14-11(15)6-9(2)7-12(14)16/h9-10,13H,4-8H2,1-3H3. The van der Waals surface area contributed by atoms with Gasteiger partial charge in [0, 0.05) is 25.4 Å². The van der Waals surface area contributed by atoms with Crippen LogP contribution in [-0.4, -0.2) is 36.3 Å². The van der Waals surface area contributed by atoms with Crippen molar-refractivity contribution in [3.05, 3.63) is 0 Å². The molecule has 0 saturated carbocycles. The van der Waals surface area contributed by atoms with Crippen molar-refractivity contribution >= 4 is 11.8 Å². The number of rotatable bonds is 5. The summed E-state index contributed by atoms with van der Waals surface area (Å²) in [5.41, 5.74) is 0. The Morgan fingerprint density at radius 2 is 1.94 bits per heavy atom. The Balaban J connectivity index is 2.57. The van der Waals surface area contributed by atoms with E-state index in [0.717, 1.165) is 12.8 Å². The lowest BCUT2D eigenvalue weighted by molar-refractivity contribution is -0.150. The molecule has 1 atom stereocenters. The number of hydrogen-bond acceptors (Lipinski definition) is 3. The van der Waals surface area contributed by atoms with Crippen LogP contribution in [0.5, 0.6) is 0 Å². The molecule has 1 aliphatic rings. The minimum atomic E-state index is -0.0138. The molecule has 1 aliphatic heterocycles. The van der Waals surface area contributed by atoms with Crippen LogP contribution in [0.15, 0.2) is 0 Å². The predicted octanol–water partition coefficient (Wildman–Crippen LogP) is 1.16. The Labute approximate surface area is 97.4 Å². The van der Waals surface area contributed by atoms with Crippen LogP contribution in [0.3, 0.4) is 0 Å². The first kappa shape index (κ1) is 13.2. The van der Waals surface area contributed by atoms with Gasteiger partial charge in [-0.05, 0) is 19.4 Å². The van der Waals surface area contributed by atoms with Crippen LogP contribution >= 0.6 is 0 Å². The molecule has 1 heterocycles. The lowest BCUT2D eigenvalue weighted by Crippen LogP contribution is -2.49. The molecule has 16 heavy (non-hydrogen) atoms. The van der Waals surface area contributed by atoms with E-state index in [1.807, 2.05) is 14.0 Å². The fraction of sp³-hybridized carbons (Fsp3) is 0.833. The van der Waals surface area contributed by atoms with Gasteiger partial charge < -0.3 is 5.32 Å². The van der Waals surface area contributed by atoms with Crippen LogP contribution < -0.4 is 5.32 Å². The molecule has 0 aliphatic carbocycles. The smallest absolute Gasteiger partial charge is 0.229 e. The van der Waals surface area contributed by atoms with Gasteiger partial charge in [0.25, 0.3) is 0 Å². The highest BCUT2D eigenvalue weighted by Gasteiger charge is 2.31. The van der Waals surface area contributed by atoms with E-state index in [2.05, 4.69) is 12.2 Å². The zero-order chi connectivity index (χ0) is 12.1. The quantitative estimate of drug-likeness (QED) is 0.716. The van der Waals surface area contributed by atoms with Crippen LogP contribution in [0, 0.1) is 5.92 Å². The van der Waals surface area contributed by atoms with Gasteiger partial charge in [-0.1, -0.05) is 20.3 Å². The van der Waals surface area contributed by atoms with E-state index in [9.17, 15) is 9.59 Å². The number of carbonyl (C=O) groups is 2. The van der Waals surface area contributed by atoms with Gasteiger partial charge in [0.2, 0.25) is 11.8 Å². The summed E-state index contributed by atoms with van der Waals surface area (Å²) >= 11 is 0. The van der Waals surface area contributed by atoms with Crippen LogP contribution in [0.2, 0.25) is 0 Å². The van der Waals surface area contributed by atoms with Crippen LogP contribution in [0.25, 0.3) is 0 Å². The highest BCUT2D eigenvalue weighted by atomic mass is 16.2. The second-order valence-corrected chi connectivity index (χ2v) is 4.69. The van der Waals surface area contributed by atoms with Gasteiger partial charge in [0.15, 0.2) is 0 Å².